The molecule has 2 amide bonds. The lowest BCUT2D eigenvalue weighted by molar-refractivity contribution is 0.0127. The number of hydrogen-bond acceptors (Lipinski definition) is 9. The Morgan fingerprint density at radius 2 is 1.58 bits per heavy atom. The quantitative estimate of drug-likeness (QED) is 0.478. The SMILES string of the molecule is COc1cc(C(=O)O[C@@H]2CCCN(C(=O)OC(C)(C)C)C[C@H]2NC(=O)c2ccc(O)cc2)cc(OC)c1O. The largest absolute Gasteiger partial charge is 0.508 e. The van der Waals surface area contributed by atoms with Gasteiger partial charge in [0, 0.05) is 18.7 Å². The molecule has 38 heavy (non-hydrogen) atoms. The molecule has 0 saturated carbocycles. The lowest BCUT2D eigenvalue weighted by Crippen LogP contribution is -2.51. The third-order valence-corrected chi connectivity index (χ3v) is 5.85. The predicted molar refractivity (Wildman–Crippen MR) is 137 cm³/mol. The molecular weight excluding hydrogens is 496 g/mol. The van der Waals surface area contributed by atoms with Crippen LogP contribution in [-0.4, -0.2) is 78.1 Å². The van der Waals surface area contributed by atoms with Gasteiger partial charge in [-0.15, -0.1) is 0 Å². The number of aromatic hydroxyl groups is 2. The Kier molecular flexibility index (Phi) is 8.92. The zero-order chi connectivity index (χ0) is 28.0. The van der Waals surface area contributed by atoms with Crippen LogP contribution in [0.3, 0.4) is 0 Å². The van der Waals surface area contributed by atoms with Crippen LogP contribution in [0.4, 0.5) is 4.79 Å². The maximum absolute atomic E-state index is 13.2. The standard InChI is InChI=1S/C27H34N2O9/c1-27(2,3)38-26(34)29-12-6-7-20(19(15-29)28-24(32)16-8-10-18(30)11-9-16)37-25(33)17-13-21(35-4)23(31)22(14-17)36-5/h8-11,13-14,19-20,30-31H,6-7,12,15H2,1-5H3,(H,28,32)/t19-,20-/m1/s1. The van der Waals surface area contributed by atoms with Gasteiger partial charge in [-0.05, 0) is 70.0 Å². The smallest absolute Gasteiger partial charge is 0.410 e. The van der Waals surface area contributed by atoms with Crippen LogP contribution in [0, 0.1) is 0 Å². The second-order valence-electron chi connectivity index (χ2n) is 9.87. The number of phenols is 2. The monoisotopic (exact) mass is 530 g/mol. The molecule has 0 spiro atoms. The van der Waals surface area contributed by atoms with E-state index in [1.165, 1.54) is 55.5 Å². The summed E-state index contributed by atoms with van der Waals surface area (Å²) in [6.07, 6.45) is -0.480. The average molecular weight is 531 g/mol. The third kappa shape index (κ3) is 7.21. The van der Waals surface area contributed by atoms with Gasteiger partial charge in [0.05, 0.1) is 25.8 Å². The number of ether oxygens (including phenoxy) is 4. The Hall–Kier alpha value is -4.15. The number of nitrogens with zero attached hydrogens (tertiary/aromatic N) is 1. The Balaban J connectivity index is 1.87. The van der Waals surface area contributed by atoms with E-state index in [0.29, 0.717) is 19.4 Å². The molecule has 2 atom stereocenters. The highest BCUT2D eigenvalue weighted by atomic mass is 16.6. The van der Waals surface area contributed by atoms with Crippen molar-refractivity contribution in [2.24, 2.45) is 0 Å². The number of nitrogens with one attached hydrogen (secondary N) is 1. The van der Waals surface area contributed by atoms with E-state index < -0.39 is 35.7 Å². The molecule has 0 aromatic heterocycles. The highest BCUT2D eigenvalue weighted by Crippen LogP contribution is 2.37. The number of amides is 2. The van der Waals surface area contributed by atoms with Crippen LogP contribution in [-0.2, 0) is 9.47 Å². The number of carbonyl (C=O) groups is 3. The topological polar surface area (TPSA) is 144 Å². The van der Waals surface area contributed by atoms with Gasteiger partial charge >= 0.3 is 12.1 Å². The zero-order valence-corrected chi connectivity index (χ0v) is 22.1. The summed E-state index contributed by atoms with van der Waals surface area (Å²) >= 11 is 0. The van der Waals surface area contributed by atoms with E-state index in [1.54, 1.807) is 20.8 Å². The first-order chi connectivity index (χ1) is 17.9. The highest BCUT2D eigenvalue weighted by molar-refractivity contribution is 5.95. The van der Waals surface area contributed by atoms with Gasteiger partial charge in [0.1, 0.15) is 17.5 Å². The van der Waals surface area contributed by atoms with Crippen molar-refractivity contribution in [3.8, 4) is 23.0 Å². The summed E-state index contributed by atoms with van der Waals surface area (Å²) in [5.41, 5.74) is -0.348. The summed E-state index contributed by atoms with van der Waals surface area (Å²) in [6.45, 7) is 5.67. The molecule has 0 unspecified atom stereocenters. The Bertz CT molecular complexity index is 1130. The summed E-state index contributed by atoms with van der Waals surface area (Å²) in [6, 6.07) is 7.58. The first-order valence-corrected chi connectivity index (χ1v) is 12.2. The van der Waals surface area contributed by atoms with Crippen LogP contribution < -0.4 is 14.8 Å². The maximum Gasteiger partial charge on any atom is 0.410 e. The first kappa shape index (κ1) is 28.4. The molecule has 0 radical (unpaired) electrons. The number of methoxy groups -OCH3 is 2. The Morgan fingerprint density at radius 3 is 2.13 bits per heavy atom. The van der Waals surface area contributed by atoms with Crippen LogP contribution in [0.15, 0.2) is 36.4 Å². The molecule has 1 saturated heterocycles. The van der Waals surface area contributed by atoms with E-state index in [0.717, 1.165) is 0 Å². The van der Waals surface area contributed by atoms with Crippen LogP contribution >= 0.6 is 0 Å². The van der Waals surface area contributed by atoms with Crippen molar-refractivity contribution in [2.45, 2.75) is 51.4 Å². The second kappa shape index (κ2) is 11.9. The average Bonchev–Trinajstić information content (AvgIpc) is 3.05. The van der Waals surface area contributed by atoms with Crippen molar-refractivity contribution < 1.29 is 43.5 Å². The molecular formula is C27H34N2O9. The summed E-state index contributed by atoms with van der Waals surface area (Å²) in [7, 11) is 2.68. The van der Waals surface area contributed by atoms with E-state index in [2.05, 4.69) is 5.32 Å². The lowest BCUT2D eigenvalue weighted by Gasteiger charge is -2.30. The van der Waals surface area contributed by atoms with Gasteiger partial charge in [-0.3, -0.25) is 4.79 Å². The number of benzene rings is 2. The van der Waals surface area contributed by atoms with Crippen molar-refractivity contribution in [1.82, 2.24) is 10.2 Å². The minimum Gasteiger partial charge on any atom is -0.508 e. The van der Waals surface area contributed by atoms with Crippen molar-refractivity contribution in [2.75, 3.05) is 27.3 Å². The number of esters is 1. The van der Waals surface area contributed by atoms with Crippen LogP contribution in [0.1, 0.15) is 54.3 Å². The number of phenolic OH excluding ortho intramolecular Hbond substituents is 2. The molecule has 3 N–H and O–H groups in total. The third-order valence-electron chi connectivity index (χ3n) is 5.85. The predicted octanol–water partition coefficient (Wildman–Crippen LogP) is 3.47. The highest BCUT2D eigenvalue weighted by Gasteiger charge is 2.35. The van der Waals surface area contributed by atoms with Crippen molar-refractivity contribution in [3.05, 3.63) is 47.5 Å². The summed E-state index contributed by atoms with van der Waals surface area (Å²) in [4.78, 5) is 40.5. The lowest BCUT2D eigenvalue weighted by atomic mass is 10.1. The molecule has 1 heterocycles. The second-order valence-corrected chi connectivity index (χ2v) is 9.87. The zero-order valence-electron chi connectivity index (χ0n) is 22.1. The molecule has 2 aromatic carbocycles. The normalized spacial score (nSPS) is 17.7. The van der Waals surface area contributed by atoms with Crippen molar-refractivity contribution in [3.63, 3.8) is 0 Å². The molecule has 0 aliphatic carbocycles. The molecule has 0 bridgehead atoms. The van der Waals surface area contributed by atoms with Crippen LogP contribution in [0.25, 0.3) is 0 Å². The molecule has 11 nitrogen and oxygen atoms in total. The van der Waals surface area contributed by atoms with E-state index in [4.69, 9.17) is 18.9 Å². The minimum absolute atomic E-state index is 0.0127. The first-order valence-electron chi connectivity index (χ1n) is 12.2. The molecule has 2 aromatic rings. The fourth-order valence-corrected chi connectivity index (χ4v) is 3.98. The molecule has 11 heteroatoms. The molecule has 1 aliphatic heterocycles. The molecule has 1 aliphatic rings. The van der Waals surface area contributed by atoms with Gasteiger partial charge in [-0.1, -0.05) is 0 Å². The molecule has 1 fully saturated rings. The number of likely N-dealkylation sites (tertiary alicyclic amines) is 1. The molecule has 3 rings (SSSR count). The van der Waals surface area contributed by atoms with Crippen LogP contribution in [0.5, 0.6) is 23.0 Å². The van der Waals surface area contributed by atoms with Gasteiger partial charge in [-0.2, -0.15) is 0 Å². The van der Waals surface area contributed by atoms with Crippen molar-refractivity contribution in [1.29, 1.82) is 0 Å². The van der Waals surface area contributed by atoms with Gasteiger partial charge in [0.25, 0.3) is 5.91 Å². The Morgan fingerprint density at radius 1 is 0.974 bits per heavy atom. The van der Waals surface area contributed by atoms with E-state index in [-0.39, 0.29) is 40.7 Å². The van der Waals surface area contributed by atoms with Crippen LogP contribution in [0.2, 0.25) is 0 Å². The maximum atomic E-state index is 13.2. The Labute approximate surface area is 221 Å². The number of carbonyl (C=O) groups excluding carboxylic acids is 3. The number of hydrogen-bond donors (Lipinski definition) is 3. The van der Waals surface area contributed by atoms with Gasteiger partial charge in [0.2, 0.25) is 5.75 Å². The summed E-state index contributed by atoms with van der Waals surface area (Å²) in [5, 5.41) is 22.6. The minimum atomic E-state index is -0.790. The number of rotatable bonds is 6. The van der Waals surface area contributed by atoms with Gasteiger partial charge in [0.15, 0.2) is 11.5 Å². The van der Waals surface area contributed by atoms with E-state index in [9.17, 15) is 24.6 Å². The molecule has 206 valence electrons. The van der Waals surface area contributed by atoms with Gasteiger partial charge in [-0.25, -0.2) is 9.59 Å². The van der Waals surface area contributed by atoms with E-state index in [1.807, 2.05) is 0 Å². The fourth-order valence-electron chi connectivity index (χ4n) is 3.98. The van der Waals surface area contributed by atoms with Crippen molar-refractivity contribution >= 4 is 18.0 Å². The summed E-state index contributed by atoms with van der Waals surface area (Å²) in [5.74, 6) is -1.36. The summed E-state index contributed by atoms with van der Waals surface area (Å²) < 4.78 is 21.6. The van der Waals surface area contributed by atoms with E-state index >= 15 is 0 Å². The fraction of sp³-hybridized carbons (Fsp3) is 0.444. The van der Waals surface area contributed by atoms with Gasteiger partial charge < -0.3 is 39.4 Å².